The zero-order valence-corrected chi connectivity index (χ0v) is 8.73. The van der Waals surface area contributed by atoms with E-state index in [1.165, 1.54) is 6.07 Å². The van der Waals surface area contributed by atoms with Crippen molar-refractivity contribution < 1.29 is 14.6 Å². The smallest absolute Gasteiger partial charge is 0.354 e. The fourth-order valence-corrected chi connectivity index (χ4v) is 1.04. The second kappa shape index (κ2) is 4.75. The third-order valence-corrected chi connectivity index (χ3v) is 1.66. The Morgan fingerprint density at radius 2 is 2.33 bits per heavy atom. The van der Waals surface area contributed by atoms with Gasteiger partial charge in [-0.25, -0.2) is 9.78 Å². The van der Waals surface area contributed by atoms with Crippen LogP contribution in [0.3, 0.4) is 0 Å². The number of carboxylic acid groups (broad SMARTS) is 1. The van der Waals surface area contributed by atoms with Crippen molar-refractivity contribution in [3.63, 3.8) is 0 Å². The maximum Gasteiger partial charge on any atom is 0.354 e. The van der Waals surface area contributed by atoms with Gasteiger partial charge in [0.2, 0.25) is 5.88 Å². The summed E-state index contributed by atoms with van der Waals surface area (Å²) in [6.45, 7) is 3.90. The molecular formula is C10H14N2O3. The number of hydrogen-bond acceptors (Lipinski definition) is 4. The molecule has 0 saturated carbocycles. The molecule has 15 heavy (non-hydrogen) atoms. The fraction of sp³-hybridized carbons (Fsp3) is 0.400. The first-order valence-corrected chi connectivity index (χ1v) is 4.59. The lowest BCUT2D eigenvalue weighted by Gasteiger charge is -2.08. The number of hydrogen-bond donors (Lipinski definition) is 2. The second-order valence-corrected chi connectivity index (χ2v) is 3.46. The molecule has 5 heteroatoms. The summed E-state index contributed by atoms with van der Waals surface area (Å²) in [5.74, 6) is -0.769. The van der Waals surface area contributed by atoms with Crippen LogP contribution >= 0.6 is 0 Å². The number of pyridine rings is 1. The summed E-state index contributed by atoms with van der Waals surface area (Å²) < 4.78 is 5.24. The Morgan fingerprint density at radius 3 is 2.87 bits per heavy atom. The van der Waals surface area contributed by atoms with Crippen LogP contribution in [0.1, 0.15) is 23.0 Å². The van der Waals surface area contributed by atoms with E-state index < -0.39 is 5.97 Å². The molecule has 0 aliphatic rings. The van der Waals surface area contributed by atoms with Crippen molar-refractivity contribution in [2.45, 2.75) is 19.9 Å². The van der Waals surface area contributed by atoms with E-state index in [-0.39, 0.29) is 11.7 Å². The molecule has 1 rings (SSSR count). The monoisotopic (exact) mass is 210 g/mol. The number of ether oxygens (including phenoxy) is 1. The van der Waals surface area contributed by atoms with Gasteiger partial charge in [0.25, 0.3) is 0 Å². The quantitative estimate of drug-likeness (QED) is 0.768. The zero-order valence-electron chi connectivity index (χ0n) is 8.73. The summed E-state index contributed by atoms with van der Waals surface area (Å²) in [6, 6.07) is 3.05. The van der Waals surface area contributed by atoms with Crippen LogP contribution in [0.15, 0.2) is 12.1 Å². The lowest BCUT2D eigenvalue weighted by atomic mass is 10.2. The van der Waals surface area contributed by atoms with Crippen LogP contribution in [-0.4, -0.2) is 28.7 Å². The van der Waals surface area contributed by atoms with Crippen molar-refractivity contribution in [3.05, 3.63) is 23.4 Å². The molecule has 1 atom stereocenters. The highest BCUT2D eigenvalue weighted by Crippen LogP contribution is 2.12. The minimum Gasteiger partial charge on any atom is -0.477 e. The van der Waals surface area contributed by atoms with E-state index in [4.69, 9.17) is 15.6 Å². The molecule has 0 aliphatic carbocycles. The van der Waals surface area contributed by atoms with Gasteiger partial charge in [-0.2, -0.15) is 0 Å². The second-order valence-electron chi connectivity index (χ2n) is 3.46. The van der Waals surface area contributed by atoms with Crippen LogP contribution in [0.5, 0.6) is 5.88 Å². The van der Waals surface area contributed by atoms with Gasteiger partial charge in [-0.15, -0.1) is 0 Å². The number of rotatable bonds is 4. The minimum absolute atomic E-state index is 0.0188. The van der Waals surface area contributed by atoms with Crippen molar-refractivity contribution in [3.8, 4) is 5.88 Å². The molecule has 0 aromatic carbocycles. The normalized spacial score (nSPS) is 12.2. The largest absolute Gasteiger partial charge is 0.477 e. The summed E-state index contributed by atoms with van der Waals surface area (Å²) in [7, 11) is 0. The third kappa shape index (κ3) is 3.55. The molecule has 0 aliphatic heterocycles. The van der Waals surface area contributed by atoms with E-state index in [0.717, 1.165) is 5.56 Å². The maximum atomic E-state index is 10.7. The minimum atomic E-state index is -1.07. The lowest BCUT2D eigenvalue weighted by molar-refractivity contribution is 0.0689. The van der Waals surface area contributed by atoms with Gasteiger partial charge in [0.1, 0.15) is 6.61 Å². The van der Waals surface area contributed by atoms with Gasteiger partial charge < -0.3 is 15.6 Å². The molecule has 0 spiro atoms. The first-order chi connectivity index (χ1) is 6.99. The SMILES string of the molecule is Cc1cc(OCC(C)N)nc(C(=O)O)c1. The average Bonchev–Trinajstić information content (AvgIpc) is 2.13. The van der Waals surface area contributed by atoms with E-state index in [0.29, 0.717) is 12.5 Å². The van der Waals surface area contributed by atoms with Crippen molar-refractivity contribution in [1.29, 1.82) is 0 Å². The number of carboxylic acids is 1. The third-order valence-electron chi connectivity index (χ3n) is 1.66. The van der Waals surface area contributed by atoms with Crippen LogP contribution < -0.4 is 10.5 Å². The van der Waals surface area contributed by atoms with Crippen molar-refractivity contribution >= 4 is 5.97 Å². The molecule has 1 aromatic heterocycles. The van der Waals surface area contributed by atoms with Crippen molar-refractivity contribution in [1.82, 2.24) is 4.98 Å². The molecule has 0 saturated heterocycles. The van der Waals surface area contributed by atoms with Gasteiger partial charge in [-0.05, 0) is 25.5 Å². The summed E-state index contributed by atoms with van der Waals surface area (Å²) in [6.07, 6.45) is 0. The number of carbonyl (C=O) groups is 1. The topological polar surface area (TPSA) is 85.4 Å². The fourth-order valence-electron chi connectivity index (χ4n) is 1.04. The Morgan fingerprint density at radius 1 is 1.67 bits per heavy atom. The van der Waals surface area contributed by atoms with Gasteiger partial charge in [0.15, 0.2) is 5.69 Å². The molecule has 1 unspecified atom stereocenters. The molecule has 0 bridgehead atoms. The Hall–Kier alpha value is -1.62. The van der Waals surface area contributed by atoms with Gasteiger partial charge in [0.05, 0.1) is 0 Å². The molecular weight excluding hydrogens is 196 g/mol. The van der Waals surface area contributed by atoms with Crippen LogP contribution in [0.25, 0.3) is 0 Å². The predicted octanol–water partition coefficient (Wildman–Crippen LogP) is 0.814. The Bertz CT molecular complexity index is 364. The van der Waals surface area contributed by atoms with E-state index in [9.17, 15) is 4.79 Å². The summed E-state index contributed by atoms with van der Waals surface area (Å²) in [4.78, 5) is 14.5. The lowest BCUT2D eigenvalue weighted by Crippen LogP contribution is -2.24. The molecule has 0 fully saturated rings. The van der Waals surface area contributed by atoms with Gasteiger partial charge in [0, 0.05) is 12.1 Å². The van der Waals surface area contributed by atoms with E-state index in [1.807, 2.05) is 0 Å². The van der Waals surface area contributed by atoms with Gasteiger partial charge in [-0.1, -0.05) is 0 Å². The van der Waals surface area contributed by atoms with Crippen LogP contribution in [0.4, 0.5) is 0 Å². The first kappa shape index (κ1) is 11.5. The summed E-state index contributed by atoms with van der Waals surface area (Å²) >= 11 is 0. The van der Waals surface area contributed by atoms with Crippen LogP contribution in [-0.2, 0) is 0 Å². The number of aromatic carboxylic acids is 1. The molecule has 0 amide bonds. The predicted molar refractivity (Wildman–Crippen MR) is 55.1 cm³/mol. The molecule has 3 N–H and O–H groups in total. The Labute approximate surface area is 87.9 Å². The van der Waals surface area contributed by atoms with Crippen LogP contribution in [0.2, 0.25) is 0 Å². The number of nitrogens with two attached hydrogens (primary N) is 1. The van der Waals surface area contributed by atoms with E-state index >= 15 is 0 Å². The molecule has 1 heterocycles. The van der Waals surface area contributed by atoms with E-state index in [1.54, 1.807) is 19.9 Å². The summed E-state index contributed by atoms with van der Waals surface area (Å²) in [5, 5.41) is 8.77. The highest BCUT2D eigenvalue weighted by molar-refractivity contribution is 5.85. The Kier molecular flexibility index (Phi) is 3.62. The molecule has 1 aromatic rings. The zero-order chi connectivity index (χ0) is 11.4. The molecule has 0 radical (unpaired) electrons. The standard InChI is InChI=1S/C10H14N2O3/c1-6-3-8(10(13)14)12-9(4-6)15-5-7(2)11/h3-4,7H,5,11H2,1-2H3,(H,13,14). The average molecular weight is 210 g/mol. The highest BCUT2D eigenvalue weighted by Gasteiger charge is 2.08. The van der Waals surface area contributed by atoms with Crippen LogP contribution in [0, 0.1) is 6.92 Å². The molecule has 5 nitrogen and oxygen atoms in total. The Balaban J connectivity index is 2.84. The number of aromatic nitrogens is 1. The van der Waals surface area contributed by atoms with Crippen molar-refractivity contribution in [2.24, 2.45) is 5.73 Å². The number of nitrogens with zero attached hydrogens (tertiary/aromatic N) is 1. The molecule has 82 valence electrons. The first-order valence-electron chi connectivity index (χ1n) is 4.59. The summed E-state index contributed by atoms with van der Waals surface area (Å²) in [5.41, 5.74) is 6.28. The van der Waals surface area contributed by atoms with E-state index in [2.05, 4.69) is 4.98 Å². The van der Waals surface area contributed by atoms with Gasteiger partial charge in [-0.3, -0.25) is 0 Å². The number of aryl methyl sites for hydroxylation is 1. The van der Waals surface area contributed by atoms with Gasteiger partial charge >= 0.3 is 5.97 Å². The highest BCUT2D eigenvalue weighted by atomic mass is 16.5. The maximum absolute atomic E-state index is 10.7. The van der Waals surface area contributed by atoms with Crippen molar-refractivity contribution in [2.75, 3.05) is 6.61 Å².